The molecule has 0 aromatic rings. The highest BCUT2D eigenvalue weighted by atomic mass is 16.5. The van der Waals surface area contributed by atoms with Gasteiger partial charge in [0.25, 0.3) is 0 Å². The maximum absolute atomic E-state index is 11.6. The second-order valence-corrected chi connectivity index (χ2v) is 6.74. The van der Waals surface area contributed by atoms with Crippen molar-refractivity contribution in [2.24, 2.45) is 17.3 Å². The number of carbonyl (C=O) groups excluding carboxylic acids is 1. The van der Waals surface area contributed by atoms with Crippen molar-refractivity contribution in [3.05, 3.63) is 0 Å². The number of amides is 2. The molecule has 2 fully saturated rings. The van der Waals surface area contributed by atoms with E-state index in [2.05, 4.69) is 31.4 Å². The van der Waals surface area contributed by atoms with E-state index in [1.807, 2.05) is 0 Å². The highest BCUT2D eigenvalue weighted by Crippen LogP contribution is 2.34. The van der Waals surface area contributed by atoms with Gasteiger partial charge in [-0.15, -0.1) is 0 Å². The average Bonchev–Trinajstić information content (AvgIpc) is 2.98. The summed E-state index contributed by atoms with van der Waals surface area (Å²) in [5.41, 5.74) is 0.146. The number of urea groups is 1. The van der Waals surface area contributed by atoms with Gasteiger partial charge in [-0.3, -0.25) is 0 Å². The fourth-order valence-corrected chi connectivity index (χ4v) is 2.65. The van der Waals surface area contributed by atoms with E-state index < -0.39 is 0 Å². The van der Waals surface area contributed by atoms with Crippen LogP contribution >= 0.6 is 0 Å². The van der Waals surface area contributed by atoms with Crippen LogP contribution in [0.1, 0.15) is 40.0 Å². The summed E-state index contributed by atoms with van der Waals surface area (Å²) in [5.74, 6) is 1.17. The lowest BCUT2D eigenvalue weighted by molar-refractivity contribution is 0.00775. The zero-order valence-electron chi connectivity index (χ0n) is 11.8. The summed E-state index contributed by atoms with van der Waals surface area (Å²) in [6, 6.07) is -0.0264. The second kappa shape index (κ2) is 5.47. The number of hydrogen-bond acceptors (Lipinski definition) is 2. The molecule has 1 aliphatic heterocycles. The van der Waals surface area contributed by atoms with Crippen molar-refractivity contribution in [3.8, 4) is 0 Å². The lowest BCUT2D eigenvalue weighted by Crippen LogP contribution is -2.42. The zero-order chi connectivity index (χ0) is 13.2. The minimum absolute atomic E-state index is 0.0264. The van der Waals surface area contributed by atoms with Gasteiger partial charge in [0.1, 0.15) is 0 Å². The summed E-state index contributed by atoms with van der Waals surface area (Å²) in [6.07, 6.45) is 3.83. The molecule has 0 radical (unpaired) electrons. The third-order valence-electron chi connectivity index (χ3n) is 3.84. The lowest BCUT2D eigenvalue weighted by Gasteiger charge is -2.31. The summed E-state index contributed by atoms with van der Waals surface area (Å²) in [7, 11) is 0. The molecular formula is C14H26N2O2. The SMILES string of the molecule is CC(C)(C)[C@H]1OCC[C@@H]1CNC(=O)NCC1CC1. The molecule has 2 atom stereocenters. The molecule has 4 heteroatoms. The molecule has 0 aromatic carbocycles. The molecule has 4 nitrogen and oxygen atoms in total. The Bertz CT molecular complexity index is 295. The molecule has 2 aliphatic rings. The first-order valence-corrected chi connectivity index (χ1v) is 7.10. The van der Waals surface area contributed by atoms with Crippen LogP contribution in [0.15, 0.2) is 0 Å². The molecule has 18 heavy (non-hydrogen) atoms. The Balaban J connectivity index is 1.69. The molecule has 2 rings (SSSR count). The van der Waals surface area contributed by atoms with Gasteiger partial charge in [0.2, 0.25) is 0 Å². The van der Waals surface area contributed by atoms with Crippen LogP contribution in [0.5, 0.6) is 0 Å². The van der Waals surface area contributed by atoms with E-state index in [1.54, 1.807) is 0 Å². The average molecular weight is 254 g/mol. The van der Waals surface area contributed by atoms with Gasteiger partial charge in [-0.1, -0.05) is 20.8 Å². The van der Waals surface area contributed by atoms with Crippen LogP contribution in [-0.4, -0.2) is 31.8 Å². The van der Waals surface area contributed by atoms with Crippen molar-refractivity contribution < 1.29 is 9.53 Å². The molecule has 2 amide bonds. The number of ether oxygens (including phenoxy) is 1. The van der Waals surface area contributed by atoms with Crippen molar-refractivity contribution in [3.63, 3.8) is 0 Å². The maximum atomic E-state index is 11.6. The van der Waals surface area contributed by atoms with Crippen LogP contribution < -0.4 is 10.6 Å². The Kier molecular flexibility index (Phi) is 4.15. The van der Waals surface area contributed by atoms with Gasteiger partial charge < -0.3 is 15.4 Å². The van der Waals surface area contributed by atoms with Crippen molar-refractivity contribution in [1.82, 2.24) is 10.6 Å². The number of nitrogens with one attached hydrogen (secondary N) is 2. The molecule has 0 aromatic heterocycles. The largest absolute Gasteiger partial charge is 0.377 e. The Morgan fingerprint density at radius 1 is 1.17 bits per heavy atom. The Hall–Kier alpha value is -0.770. The maximum Gasteiger partial charge on any atom is 0.314 e. The number of carbonyl (C=O) groups is 1. The van der Waals surface area contributed by atoms with Crippen LogP contribution in [0.2, 0.25) is 0 Å². The van der Waals surface area contributed by atoms with E-state index in [-0.39, 0.29) is 17.6 Å². The molecule has 2 N–H and O–H groups in total. The third kappa shape index (κ3) is 3.87. The van der Waals surface area contributed by atoms with E-state index in [1.165, 1.54) is 12.8 Å². The van der Waals surface area contributed by atoms with Gasteiger partial charge in [0.05, 0.1) is 6.10 Å². The first-order chi connectivity index (χ1) is 8.47. The normalized spacial score (nSPS) is 28.2. The number of hydrogen-bond donors (Lipinski definition) is 2. The molecule has 1 saturated heterocycles. The Labute approximate surface area is 110 Å². The first-order valence-electron chi connectivity index (χ1n) is 7.10. The van der Waals surface area contributed by atoms with Gasteiger partial charge in [-0.25, -0.2) is 4.79 Å². The smallest absolute Gasteiger partial charge is 0.314 e. The Morgan fingerprint density at radius 2 is 1.83 bits per heavy atom. The van der Waals surface area contributed by atoms with Crippen LogP contribution in [0, 0.1) is 17.3 Å². The van der Waals surface area contributed by atoms with E-state index in [0.29, 0.717) is 5.92 Å². The minimum Gasteiger partial charge on any atom is -0.377 e. The van der Waals surface area contributed by atoms with E-state index in [9.17, 15) is 4.79 Å². The zero-order valence-corrected chi connectivity index (χ0v) is 11.8. The van der Waals surface area contributed by atoms with Crippen molar-refractivity contribution >= 4 is 6.03 Å². The van der Waals surface area contributed by atoms with Crippen molar-refractivity contribution in [2.75, 3.05) is 19.7 Å². The summed E-state index contributed by atoms with van der Waals surface area (Å²) in [6.45, 7) is 8.96. The molecule has 1 aliphatic carbocycles. The molecule has 0 bridgehead atoms. The highest BCUT2D eigenvalue weighted by Gasteiger charge is 2.37. The summed E-state index contributed by atoms with van der Waals surface area (Å²) in [5, 5.41) is 5.91. The van der Waals surface area contributed by atoms with E-state index >= 15 is 0 Å². The van der Waals surface area contributed by atoms with E-state index in [0.717, 1.165) is 32.0 Å². The third-order valence-corrected chi connectivity index (χ3v) is 3.84. The first kappa shape index (κ1) is 13.7. The van der Waals surface area contributed by atoms with Gasteiger partial charge >= 0.3 is 6.03 Å². The topological polar surface area (TPSA) is 50.4 Å². The second-order valence-electron chi connectivity index (χ2n) is 6.74. The summed E-state index contributed by atoms with van der Waals surface area (Å²) >= 11 is 0. The molecule has 1 heterocycles. The van der Waals surface area contributed by atoms with Crippen molar-refractivity contribution in [1.29, 1.82) is 0 Å². The predicted octanol–water partition coefficient (Wildman–Crippen LogP) is 2.15. The van der Waals surface area contributed by atoms with Crippen LogP contribution in [0.4, 0.5) is 4.79 Å². The Morgan fingerprint density at radius 3 is 2.44 bits per heavy atom. The summed E-state index contributed by atoms with van der Waals surface area (Å²) in [4.78, 5) is 11.6. The molecule has 104 valence electrons. The molecular weight excluding hydrogens is 228 g/mol. The molecule has 0 unspecified atom stereocenters. The highest BCUT2D eigenvalue weighted by molar-refractivity contribution is 5.73. The predicted molar refractivity (Wildman–Crippen MR) is 71.4 cm³/mol. The van der Waals surface area contributed by atoms with E-state index in [4.69, 9.17) is 4.74 Å². The van der Waals surface area contributed by atoms with Gasteiger partial charge in [0, 0.05) is 25.6 Å². The molecule has 0 spiro atoms. The molecule has 1 saturated carbocycles. The van der Waals surface area contributed by atoms with Gasteiger partial charge in [-0.2, -0.15) is 0 Å². The number of rotatable bonds is 4. The van der Waals surface area contributed by atoms with Gasteiger partial charge in [-0.05, 0) is 30.6 Å². The fourth-order valence-electron chi connectivity index (χ4n) is 2.65. The lowest BCUT2D eigenvalue weighted by atomic mass is 9.81. The van der Waals surface area contributed by atoms with Crippen molar-refractivity contribution in [2.45, 2.75) is 46.1 Å². The standard InChI is InChI=1S/C14H26N2O2/c1-14(2,3)12-11(6-7-18-12)9-16-13(17)15-8-10-4-5-10/h10-12H,4-9H2,1-3H3,(H2,15,16,17)/t11-,12+/m1/s1. The van der Waals surface area contributed by atoms with Crippen LogP contribution in [0.25, 0.3) is 0 Å². The monoisotopic (exact) mass is 254 g/mol. The quantitative estimate of drug-likeness (QED) is 0.807. The van der Waals surface area contributed by atoms with Crippen LogP contribution in [0.3, 0.4) is 0 Å². The summed E-state index contributed by atoms with van der Waals surface area (Å²) < 4.78 is 5.80. The minimum atomic E-state index is -0.0264. The fraction of sp³-hybridized carbons (Fsp3) is 0.929. The van der Waals surface area contributed by atoms with Crippen LogP contribution in [-0.2, 0) is 4.74 Å². The van der Waals surface area contributed by atoms with Gasteiger partial charge in [0.15, 0.2) is 0 Å².